The maximum Gasteiger partial charge on any atom is 0.0892 e. The average molecular weight is 737 g/mol. The van der Waals surface area contributed by atoms with Gasteiger partial charge in [-0.2, -0.15) is 0 Å². The maximum absolute atomic E-state index is 9.71. The Morgan fingerprint density at radius 2 is 1.04 bits per heavy atom. The molecular formula is C49H100O3. The second kappa shape index (κ2) is 40.2. The quantitative estimate of drug-likeness (QED) is 0.123. The molecule has 3 heteroatoms. The summed E-state index contributed by atoms with van der Waals surface area (Å²) >= 11 is 0. The molecule has 314 valence electrons. The van der Waals surface area contributed by atoms with Gasteiger partial charge in [-0.15, -0.1) is 0 Å². The summed E-state index contributed by atoms with van der Waals surface area (Å²) in [5.41, 5.74) is 7.92. The summed E-state index contributed by atoms with van der Waals surface area (Å²) in [4.78, 5) is 0. The van der Waals surface area contributed by atoms with Crippen LogP contribution >= 0.6 is 0 Å². The lowest BCUT2D eigenvalue weighted by molar-refractivity contribution is 0.103. The zero-order chi connectivity index (χ0) is 37.1. The summed E-state index contributed by atoms with van der Waals surface area (Å²) in [6.07, 6.45) is 28.1. The van der Waals surface area contributed by atoms with E-state index in [4.69, 9.17) is 9.84 Å². The van der Waals surface area contributed by atoms with E-state index < -0.39 is 5.60 Å². The number of aliphatic hydroxyl groups is 2. The van der Waals surface area contributed by atoms with Crippen molar-refractivity contribution in [3.05, 3.63) is 82.0 Å². The first-order chi connectivity index (χ1) is 21.7. The third kappa shape index (κ3) is 52.4. The molecule has 2 N–H and O–H groups in total. The first-order valence-electron chi connectivity index (χ1n) is 18.3. The van der Waals surface area contributed by atoms with Crippen LogP contribution < -0.4 is 0 Å². The molecule has 52 heavy (non-hydrogen) atoms. The van der Waals surface area contributed by atoms with E-state index in [1.807, 2.05) is 32.1 Å². The molecule has 0 amide bonds. The molecule has 0 aromatic carbocycles. The third-order valence-corrected chi connectivity index (χ3v) is 7.51. The van der Waals surface area contributed by atoms with E-state index in [0.717, 1.165) is 32.1 Å². The number of epoxide rings is 1. The van der Waals surface area contributed by atoms with Crippen LogP contribution in [0.2, 0.25) is 0 Å². The Labute approximate surface area is 331 Å². The molecule has 0 radical (unpaired) electrons. The molecule has 3 unspecified atom stereocenters. The van der Waals surface area contributed by atoms with Crippen LogP contribution in [-0.4, -0.2) is 33.6 Å². The fourth-order valence-electron chi connectivity index (χ4n) is 4.77. The highest BCUT2D eigenvalue weighted by Crippen LogP contribution is 2.38. The van der Waals surface area contributed by atoms with Crippen molar-refractivity contribution in [3.8, 4) is 0 Å². The van der Waals surface area contributed by atoms with Crippen molar-refractivity contribution in [2.45, 2.75) is 236 Å². The van der Waals surface area contributed by atoms with E-state index >= 15 is 0 Å². The highest BCUT2D eigenvalue weighted by molar-refractivity contribution is 5.05. The summed E-state index contributed by atoms with van der Waals surface area (Å²) in [6.45, 7) is 33.4. The molecule has 0 aromatic heterocycles. The van der Waals surface area contributed by atoms with E-state index in [1.54, 1.807) is 6.92 Å². The summed E-state index contributed by atoms with van der Waals surface area (Å²) in [5.74, 6) is 0. The fraction of sp³-hybridized carbons (Fsp3) is 0.714. The van der Waals surface area contributed by atoms with Gasteiger partial charge in [0.1, 0.15) is 0 Å². The lowest BCUT2D eigenvalue weighted by Gasteiger charge is -2.17. The Hall–Kier alpha value is -1.94. The van der Waals surface area contributed by atoms with Crippen LogP contribution in [0, 0.1) is 0 Å². The highest BCUT2D eigenvalue weighted by atomic mass is 16.6. The van der Waals surface area contributed by atoms with Gasteiger partial charge in [-0.3, -0.25) is 0 Å². The number of allylic oxidation sites excluding steroid dienone is 12. The number of hydrogen-bond acceptors (Lipinski definition) is 3. The predicted molar refractivity (Wildman–Crippen MR) is 247 cm³/mol. The predicted octanol–water partition coefficient (Wildman–Crippen LogP) is 16.7. The Balaban J connectivity index is -0.0000000802. The maximum atomic E-state index is 9.71. The third-order valence-electron chi connectivity index (χ3n) is 7.51. The molecule has 0 spiro atoms. The van der Waals surface area contributed by atoms with Crippen molar-refractivity contribution < 1.29 is 14.9 Å². The van der Waals surface area contributed by atoms with Crippen molar-refractivity contribution in [3.63, 3.8) is 0 Å². The van der Waals surface area contributed by atoms with E-state index in [9.17, 15) is 5.11 Å². The molecule has 3 atom stereocenters. The van der Waals surface area contributed by atoms with Gasteiger partial charge >= 0.3 is 0 Å². The van der Waals surface area contributed by atoms with Crippen LogP contribution in [0.25, 0.3) is 0 Å². The first kappa shape index (κ1) is 68.1. The van der Waals surface area contributed by atoms with E-state index in [2.05, 4.69) is 120 Å². The molecule has 1 aliphatic heterocycles. The second-order valence-corrected chi connectivity index (χ2v) is 14.7. The van der Waals surface area contributed by atoms with Crippen molar-refractivity contribution >= 4 is 0 Å². The zero-order valence-corrected chi connectivity index (χ0v) is 34.1. The molecular weight excluding hydrogens is 637 g/mol. The SMILES string of the molecule is C.C.C.C.C.C/C=C/C(C)(O)CCC=C(C)C.CC(C)=CCC/C(C)=C/C(C)O.CC/C=C(\C)CCC1OC1(C)C.CC/C=C(\C)CCC=C(C)C. The molecule has 0 aliphatic carbocycles. The molecule has 1 fully saturated rings. The van der Waals surface area contributed by atoms with Gasteiger partial charge in [-0.25, -0.2) is 0 Å². The topological polar surface area (TPSA) is 53.0 Å². The second-order valence-electron chi connectivity index (χ2n) is 14.7. The minimum absolute atomic E-state index is 0. The summed E-state index contributed by atoms with van der Waals surface area (Å²) in [7, 11) is 0. The molecule has 0 saturated carbocycles. The molecule has 3 nitrogen and oxygen atoms in total. The molecule has 0 bridgehead atoms. The Bertz CT molecular complexity index is 997. The molecule has 1 heterocycles. The Kier molecular flexibility index (Phi) is 52.7. The Morgan fingerprint density at radius 3 is 1.37 bits per heavy atom. The standard InChI is InChI=1S/3C11H20O.C11H20.5CH4/c1-5-6-9(2)7-8-10-11(3,4)12-10;1-9(2)6-5-7-10(3)8-11(4)12;1-5-8-11(4,12)9-6-7-10(2)3;1-5-7-11(4)9-6-8-10(2)3;;;;;/h6,10H,5,7-8H2,1-4H3;6,8,11-12H,5,7H2,1-4H3;5,7-8,12H,6,9H2,1-4H3;7-8H,5-6,9H2,1-4H3;5*1H4/b9-6+;10-8+;8-5+;11-7+;;;;;. The van der Waals surface area contributed by atoms with Crippen LogP contribution in [0.1, 0.15) is 212 Å². The summed E-state index contributed by atoms with van der Waals surface area (Å²) < 4.78 is 5.51. The van der Waals surface area contributed by atoms with Gasteiger partial charge in [0.05, 0.1) is 23.4 Å². The molecule has 0 aromatic rings. The zero-order valence-electron chi connectivity index (χ0n) is 34.1. The van der Waals surface area contributed by atoms with Gasteiger partial charge < -0.3 is 14.9 Å². The van der Waals surface area contributed by atoms with Crippen molar-refractivity contribution in [1.29, 1.82) is 0 Å². The van der Waals surface area contributed by atoms with Crippen LogP contribution in [0.3, 0.4) is 0 Å². The van der Waals surface area contributed by atoms with Crippen molar-refractivity contribution in [2.75, 3.05) is 0 Å². The summed E-state index contributed by atoms with van der Waals surface area (Å²) in [5, 5.41) is 18.8. The normalized spacial score (nSPS) is 15.7. The van der Waals surface area contributed by atoms with E-state index in [1.165, 1.54) is 65.5 Å². The lowest BCUT2D eigenvalue weighted by atomic mass is 9.99. The largest absolute Gasteiger partial charge is 0.389 e. The summed E-state index contributed by atoms with van der Waals surface area (Å²) in [6, 6.07) is 0. The van der Waals surface area contributed by atoms with Gasteiger partial charge in [-0.05, 0) is 161 Å². The van der Waals surface area contributed by atoms with Gasteiger partial charge in [0, 0.05) is 0 Å². The number of ether oxygens (including phenoxy) is 1. The molecule has 1 rings (SSSR count). The lowest BCUT2D eigenvalue weighted by Crippen LogP contribution is -2.19. The number of aliphatic hydroxyl groups excluding tert-OH is 1. The van der Waals surface area contributed by atoms with Crippen LogP contribution in [0.15, 0.2) is 82.0 Å². The van der Waals surface area contributed by atoms with Crippen molar-refractivity contribution in [1.82, 2.24) is 0 Å². The number of hydrogen-bond donors (Lipinski definition) is 2. The minimum Gasteiger partial charge on any atom is -0.389 e. The fourth-order valence-corrected chi connectivity index (χ4v) is 4.77. The molecule has 1 saturated heterocycles. The minimum atomic E-state index is -0.638. The van der Waals surface area contributed by atoms with Gasteiger partial charge in [0.25, 0.3) is 0 Å². The monoisotopic (exact) mass is 737 g/mol. The van der Waals surface area contributed by atoms with Crippen LogP contribution in [0.4, 0.5) is 0 Å². The van der Waals surface area contributed by atoms with Gasteiger partial charge in [0.2, 0.25) is 0 Å². The van der Waals surface area contributed by atoms with Crippen LogP contribution in [0.5, 0.6) is 0 Å². The van der Waals surface area contributed by atoms with Crippen LogP contribution in [-0.2, 0) is 4.74 Å². The van der Waals surface area contributed by atoms with Crippen molar-refractivity contribution in [2.24, 2.45) is 0 Å². The van der Waals surface area contributed by atoms with E-state index in [0.29, 0.717) is 6.10 Å². The average Bonchev–Trinajstić information content (AvgIpc) is 3.53. The Morgan fingerprint density at radius 1 is 0.673 bits per heavy atom. The highest BCUT2D eigenvalue weighted by Gasteiger charge is 2.46. The van der Waals surface area contributed by atoms with E-state index in [-0.39, 0.29) is 48.8 Å². The first-order valence-corrected chi connectivity index (χ1v) is 18.3. The smallest absolute Gasteiger partial charge is 0.0892 e. The molecule has 1 aliphatic rings. The van der Waals surface area contributed by atoms with Gasteiger partial charge in [-0.1, -0.05) is 133 Å². The van der Waals surface area contributed by atoms with Gasteiger partial charge in [0.15, 0.2) is 0 Å². The number of rotatable bonds is 16.